The molecule has 1 saturated heterocycles. The van der Waals surface area contributed by atoms with Crippen LogP contribution in [0.25, 0.3) is 0 Å². The van der Waals surface area contributed by atoms with E-state index < -0.39 is 5.41 Å². The number of rotatable bonds is 3. The summed E-state index contributed by atoms with van der Waals surface area (Å²) in [5, 5.41) is 0. The standard InChI is InChI=1S/C28H24N2O6/c31-26(29-8-10-33-11-9-29)19-5-3-4-18(12-19)15-30-22-7-2-1-6-20(22)28(27(30)32)16-34-23-14-25-24(13-21(23)28)35-17-36-25/h1-7,12-14H,8-11,15-17H2. The number of ether oxygens (including phenoxy) is 4. The number of carbonyl (C=O) groups excluding carboxylic acids is 2. The molecule has 7 rings (SSSR count). The molecule has 0 N–H and O–H groups in total. The first kappa shape index (κ1) is 21.3. The Morgan fingerprint density at radius 2 is 1.67 bits per heavy atom. The van der Waals surface area contributed by atoms with Crippen LogP contribution >= 0.6 is 0 Å². The van der Waals surface area contributed by atoms with E-state index in [0.717, 1.165) is 22.4 Å². The van der Waals surface area contributed by atoms with Crippen molar-refractivity contribution in [3.8, 4) is 17.2 Å². The minimum atomic E-state index is -0.950. The number of benzene rings is 3. The fourth-order valence-electron chi connectivity index (χ4n) is 5.66. The maximum atomic E-state index is 14.2. The average Bonchev–Trinajstić information content (AvgIpc) is 3.60. The second kappa shape index (κ2) is 7.99. The Morgan fingerprint density at radius 3 is 2.53 bits per heavy atom. The number of fused-ring (bicyclic) bond motifs is 5. The maximum Gasteiger partial charge on any atom is 0.254 e. The first-order valence-corrected chi connectivity index (χ1v) is 12.1. The lowest BCUT2D eigenvalue weighted by Crippen LogP contribution is -2.42. The number of hydrogen-bond acceptors (Lipinski definition) is 6. The zero-order chi connectivity index (χ0) is 24.3. The Kier molecular flexibility index (Phi) is 4.72. The summed E-state index contributed by atoms with van der Waals surface area (Å²) < 4.78 is 22.6. The van der Waals surface area contributed by atoms with Crippen molar-refractivity contribution in [2.24, 2.45) is 0 Å². The number of hydrogen-bond donors (Lipinski definition) is 0. The summed E-state index contributed by atoms with van der Waals surface area (Å²) in [7, 11) is 0. The van der Waals surface area contributed by atoms with Crippen molar-refractivity contribution in [1.82, 2.24) is 4.90 Å². The van der Waals surface area contributed by atoms with Gasteiger partial charge in [0, 0.05) is 36.0 Å². The Balaban J connectivity index is 1.24. The van der Waals surface area contributed by atoms with Crippen LogP contribution in [0.5, 0.6) is 17.2 Å². The molecule has 4 aliphatic heterocycles. The molecule has 0 aliphatic carbocycles. The quantitative estimate of drug-likeness (QED) is 0.569. The van der Waals surface area contributed by atoms with Gasteiger partial charge in [-0.2, -0.15) is 0 Å². The van der Waals surface area contributed by atoms with Crippen LogP contribution in [-0.4, -0.2) is 56.4 Å². The van der Waals surface area contributed by atoms with Gasteiger partial charge in [0.25, 0.3) is 5.91 Å². The Labute approximate surface area is 207 Å². The highest BCUT2D eigenvalue weighted by atomic mass is 16.7. The summed E-state index contributed by atoms with van der Waals surface area (Å²) in [4.78, 5) is 30.9. The molecular formula is C28H24N2O6. The average molecular weight is 485 g/mol. The van der Waals surface area contributed by atoms with Gasteiger partial charge in [-0.25, -0.2) is 0 Å². The summed E-state index contributed by atoms with van der Waals surface area (Å²) in [5.74, 6) is 1.83. The van der Waals surface area contributed by atoms with Gasteiger partial charge in [0.2, 0.25) is 12.7 Å². The third kappa shape index (κ3) is 3.04. The molecule has 3 aromatic rings. The number of carbonyl (C=O) groups is 2. The molecule has 0 saturated carbocycles. The van der Waals surface area contributed by atoms with Crippen molar-refractivity contribution in [3.05, 3.63) is 82.9 Å². The van der Waals surface area contributed by atoms with E-state index in [1.807, 2.05) is 65.6 Å². The molecule has 4 heterocycles. The second-order valence-electron chi connectivity index (χ2n) is 9.41. The molecule has 1 unspecified atom stereocenters. The van der Waals surface area contributed by atoms with Crippen molar-refractivity contribution in [2.45, 2.75) is 12.0 Å². The van der Waals surface area contributed by atoms with Crippen LogP contribution < -0.4 is 19.1 Å². The monoisotopic (exact) mass is 484 g/mol. The smallest absolute Gasteiger partial charge is 0.254 e. The number of morpholine rings is 1. The van der Waals surface area contributed by atoms with E-state index in [9.17, 15) is 9.59 Å². The molecule has 36 heavy (non-hydrogen) atoms. The molecule has 1 atom stereocenters. The number of para-hydroxylation sites is 1. The first-order valence-electron chi connectivity index (χ1n) is 12.1. The topological polar surface area (TPSA) is 77.5 Å². The van der Waals surface area contributed by atoms with E-state index in [1.165, 1.54) is 0 Å². The van der Waals surface area contributed by atoms with Crippen molar-refractivity contribution >= 4 is 17.5 Å². The lowest BCUT2D eigenvalue weighted by molar-refractivity contribution is -0.122. The molecule has 4 aliphatic rings. The van der Waals surface area contributed by atoms with Gasteiger partial charge in [-0.3, -0.25) is 9.59 Å². The van der Waals surface area contributed by atoms with E-state index in [0.29, 0.717) is 55.7 Å². The van der Waals surface area contributed by atoms with E-state index in [2.05, 4.69) is 0 Å². The molecule has 1 spiro atoms. The second-order valence-corrected chi connectivity index (χ2v) is 9.41. The van der Waals surface area contributed by atoms with Gasteiger partial charge in [-0.15, -0.1) is 0 Å². The van der Waals surface area contributed by atoms with Gasteiger partial charge in [0.15, 0.2) is 11.5 Å². The van der Waals surface area contributed by atoms with Crippen LogP contribution in [0.3, 0.4) is 0 Å². The third-order valence-corrected chi connectivity index (χ3v) is 7.46. The van der Waals surface area contributed by atoms with Gasteiger partial charge < -0.3 is 28.7 Å². The zero-order valence-corrected chi connectivity index (χ0v) is 19.6. The predicted molar refractivity (Wildman–Crippen MR) is 130 cm³/mol. The van der Waals surface area contributed by atoms with Gasteiger partial charge >= 0.3 is 0 Å². The molecule has 0 aromatic heterocycles. The molecule has 3 aromatic carbocycles. The molecule has 0 radical (unpaired) electrons. The van der Waals surface area contributed by atoms with Crippen LogP contribution in [-0.2, 0) is 21.5 Å². The van der Waals surface area contributed by atoms with Gasteiger partial charge in [0.1, 0.15) is 17.8 Å². The third-order valence-electron chi connectivity index (χ3n) is 7.46. The summed E-state index contributed by atoms with van der Waals surface area (Å²) in [6.45, 7) is 2.99. The van der Waals surface area contributed by atoms with Gasteiger partial charge in [0.05, 0.1) is 19.8 Å². The van der Waals surface area contributed by atoms with Crippen molar-refractivity contribution in [3.63, 3.8) is 0 Å². The van der Waals surface area contributed by atoms with Crippen molar-refractivity contribution in [2.75, 3.05) is 44.6 Å². The van der Waals surface area contributed by atoms with Crippen LogP contribution in [0.2, 0.25) is 0 Å². The van der Waals surface area contributed by atoms with Crippen LogP contribution in [0, 0.1) is 0 Å². The molecular weight excluding hydrogens is 460 g/mol. The predicted octanol–water partition coefficient (Wildman–Crippen LogP) is 3.11. The Bertz CT molecular complexity index is 1400. The zero-order valence-electron chi connectivity index (χ0n) is 19.6. The fraction of sp³-hybridized carbons (Fsp3) is 0.286. The number of amides is 2. The normalized spacial score (nSPS) is 21.5. The number of nitrogens with zero attached hydrogens (tertiary/aromatic N) is 2. The molecule has 8 heteroatoms. The van der Waals surface area contributed by atoms with E-state index >= 15 is 0 Å². The minimum Gasteiger partial charge on any atom is -0.491 e. The van der Waals surface area contributed by atoms with E-state index in [-0.39, 0.29) is 25.2 Å². The molecule has 182 valence electrons. The van der Waals surface area contributed by atoms with Crippen LogP contribution in [0.15, 0.2) is 60.7 Å². The van der Waals surface area contributed by atoms with Crippen LogP contribution in [0.1, 0.15) is 27.0 Å². The van der Waals surface area contributed by atoms with Gasteiger partial charge in [-0.05, 0) is 35.4 Å². The summed E-state index contributed by atoms with van der Waals surface area (Å²) in [6.07, 6.45) is 0. The van der Waals surface area contributed by atoms with E-state index in [1.54, 1.807) is 4.90 Å². The highest BCUT2D eigenvalue weighted by molar-refractivity contribution is 6.11. The van der Waals surface area contributed by atoms with E-state index in [4.69, 9.17) is 18.9 Å². The summed E-state index contributed by atoms with van der Waals surface area (Å²) in [6, 6.07) is 19.1. The molecule has 8 nitrogen and oxygen atoms in total. The Morgan fingerprint density at radius 1 is 0.861 bits per heavy atom. The minimum absolute atomic E-state index is 0.0148. The highest BCUT2D eigenvalue weighted by Crippen LogP contribution is 2.55. The summed E-state index contributed by atoms with van der Waals surface area (Å²) in [5.41, 5.74) is 3.11. The SMILES string of the molecule is O=C(c1cccc(CN2C(=O)C3(COc4cc5c(cc43)OCO5)c3ccccc32)c1)N1CCOCC1. The molecule has 1 fully saturated rings. The van der Waals surface area contributed by atoms with Gasteiger partial charge in [-0.1, -0.05) is 30.3 Å². The Hall–Kier alpha value is -4.04. The van der Waals surface area contributed by atoms with Crippen LogP contribution in [0.4, 0.5) is 5.69 Å². The fourth-order valence-corrected chi connectivity index (χ4v) is 5.66. The number of anilines is 1. The lowest BCUT2D eigenvalue weighted by atomic mass is 9.77. The maximum absolute atomic E-state index is 14.2. The molecule has 0 bridgehead atoms. The van der Waals surface area contributed by atoms with Crippen molar-refractivity contribution < 1.29 is 28.5 Å². The van der Waals surface area contributed by atoms with Crippen molar-refractivity contribution in [1.29, 1.82) is 0 Å². The largest absolute Gasteiger partial charge is 0.491 e. The highest BCUT2D eigenvalue weighted by Gasteiger charge is 2.57. The summed E-state index contributed by atoms with van der Waals surface area (Å²) >= 11 is 0. The first-order chi connectivity index (χ1) is 17.6. The molecule has 2 amide bonds. The lowest BCUT2D eigenvalue weighted by Gasteiger charge is -2.27.